The number of carbonyl (C=O) groups is 2. The molecule has 7 nitrogen and oxygen atoms in total. The molecule has 10 heteroatoms. The van der Waals surface area contributed by atoms with E-state index in [0.29, 0.717) is 27.5 Å². The average Bonchev–Trinajstić information content (AvgIpc) is 3.52. The van der Waals surface area contributed by atoms with Crippen LogP contribution in [0.15, 0.2) is 36.4 Å². The fraction of sp³-hybridized carbons (Fsp3) is 0.280. The summed E-state index contributed by atoms with van der Waals surface area (Å²) in [6.45, 7) is 1.37. The molecule has 0 radical (unpaired) electrons. The first-order valence-corrected chi connectivity index (χ1v) is 11.9. The molecular formula is C25H22F2N4O3S. The minimum atomic E-state index is -2.73. The molecule has 0 fully saturated rings. The fourth-order valence-corrected chi connectivity index (χ4v) is 5.83. The van der Waals surface area contributed by atoms with Gasteiger partial charge in [-0.15, -0.1) is 11.3 Å². The van der Waals surface area contributed by atoms with E-state index in [1.165, 1.54) is 29.2 Å². The van der Waals surface area contributed by atoms with Crippen molar-refractivity contribution >= 4 is 39.2 Å². The minimum absolute atomic E-state index is 0.180. The first-order chi connectivity index (χ1) is 16.9. The van der Waals surface area contributed by atoms with E-state index in [1.54, 1.807) is 31.2 Å². The standard InChI is InChI=1S/C25H22F2N4O3S/c1-13-20-16(22(26)27)11-17(14-7-4-3-5-8-14)28-23(20)31(30-13)12-19(32)29-24-21(25(33)34-2)15-9-6-10-18(15)35-24/h3-5,7-8,11,22H,6,9-10,12H2,1-2H3,(H,29,32). The van der Waals surface area contributed by atoms with Crippen LogP contribution < -0.4 is 5.32 Å². The van der Waals surface area contributed by atoms with Crippen LogP contribution in [0, 0.1) is 6.92 Å². The van der Waals surface area contributed by atoms with Gasteiger partial charge in [0, 0.05) is 16.0 Å². The number of fused-ring (bicyclic) bond motifs is 2. The molecule has 0 saturated carbocycles. The third kappa shape index (κ3) is 4.18. The number of halogens is 2. The molecule has 35 heavy (non-hydrogen) atoms. The van der Waals surface area contributed by atoms with Gasteiger partial charge in [-0.25, -0.2) is 23.2 Å². The summed E-state index contributed by atoms with van der Waals surface area (Å²) >= 11 is 1.37. The number of aryl methyl sites for hydroxylation is 2. The lowest BCUT2D eigenvalue weighted by molar-refractivity contribution is -0.116. The van der Waals surface area contributed by atoms with E-state index in [-0.39, 0.29) is 23.1 Å². The van der Waals surface area contributed by atoms with Crippen LogP contribution >= 0.6 is 11.3 Å². The Balaban J connectivity index is 1.51. The SMILES string of the molecule is COC(=O)c1c(NC(=O)Cn2nc(C)c3c(C(F)F)cc(-c4ccccc4)nc32)sc2c1CCC2. The summed E-state index contributed by atoms with van der Waals surface area (Å²) in [6, 6.07) is 10.4. The van der Waals surface area contributed by atoms with Gasteiger partial charge in [-0.1, -0.05) is 30.3 Å². The minimum Gasteiger partial charge on any atom is -0.465 e. The number of hydrogen-bond acceptors (Lipinski definition) is 6. The summed E-state index contributed by atoms with van der Waals surface area (Å²) in [5.74, 6) is -0.930. The Morgan fingerprint density at radius 3 is 2.71 bits per heavy atom. The fourth-order valence-electron chi connectivity index (χ4n) is 4.54. The van der Waals surface area contributed by atoms with E-state index in [2.05, 4.69) is 15.4 Å². The summed E-state index contributed by atoms with van der Waals surface area (Å²) in [7, 11) is 1.31. The van der Waals surface area contributed by atoms with Crippen LogP contribution in [-0.4, -0.2) is 33.8 Å². The van der Waals surface area contributed by atoms with Gasteiger partial charge in [-0.2, -0.15) is 5.10 Å². The number of alkyl halides is 2. The number of amides is 1. The van der Waals surface area contributed by atoms with Gasteiger partial charge in [0.1, 0.15) is 11.5 Å². The molecule has 180 valence electrons. The predicted octanol–water partition coefficient (Wildman–Crippen LogP) is 5.32. The van der Waals surface area contributed by atoms with Crippen molar-refractivity contribution in [1.29, 1.82) is 0 Å². The van der Waals surface area contributed by atoms with Gasteiger partial charge in [0.05, 0.1) is 29.4 Å². The van der Waals surface area contributed by atoms with Crippen LogP contribution in [0.3, 0.4) is 0 Å². The van der Waals surface area contributed by atoms with Crippen molar-refractivity contribution in [2.45, 2.75) is 39.2 Å². The van der Waals surface area contributed by atoms with E-state index >= 15 is 0 Å². The Kier molecular flexibility index (Phi) is 6.06. The Hall–Kier alpha value is -3.66. The average molecular weight is 497 g/mol. The second-order valence-electron chi connectivity index (χ2n) is 8.31. The second-order valence-corrected chi connectivity index (χ2v) is 9.41. The van der Waals surface area contributed by atoms with Gasteiger partial charge >= 0.3 is 5.97 Å². The monoisotopic (exact) mass is 496 g/mol. The van der Waals surface area contributed by atoms with E-state index < -0.39 is 18.3 Å². The molecule has 1 aliphatic carbocycles. The zero-order chi connectivity index (χ0) is 24.7. The number of pyridine rings is 1. The number of rotatable bonds is 6. The first-order valence-electron chi connectivity index (χ1n) is 11.1. The van der Waals surface area contributed by atoms with Crippen molar-refractivity contribution in [3.8, 4) is 11.3 Å². The molecule has 3 aromatic heterocycles. The number of thiophene rings is 1. The molecule has 4 aromatic rings. The lowest BCUT2D eigenvalue weighted by atomic mass is 10.1. The quantitative estimate of drug-likeness (QED) is 0.365. The summed E-state index contributed by atoms with van der Waals surface area (Å²) in [5, 5.41) is 7.82. The summed E-state index contributed by atoms with van der Waals surface area (Å²) in [6.07, 6.45) is -0.160. The highest BCUT2D eigenvalue weighted by molar-refractivity contribution is 7.17. The van der Waals surface area contributed by atoms with Crippen LogP contribution in [0.5, 0.6) is 0 Å². The third-order valence-electron chi connectivity index (χ3n) is 6.07. The van der Waals surface area contributed by atoms with Gasteiger partial charge < -0.3 is 10.1 Å². The highest BCUT2D eigenvalue weighted by atomic mass is 32.1. The van der Waals surface area contributed by atoms with Crippen LogP contribution in [0.1, 0.15) is 44.9 Å². The molecule has 1 aromatic carbocycles. The summed E-state index contributed by atoms with van der Waals surface area (Å²) in [5.41, 5.74) is 2.76. The van der Waals surface area contributed by atoms with Crippen molar-refractivity contribution in [2.75, 3.05) is 12.4 Å². The molecule has 0 unspecified atom stereocenters. The van der Waals surface area contributed by atoms with Crippen LogP contribution in [0.25, 0.3) is 22.3 Å². The highest BCUT2D eigenvalue weighted by Gasteiger charge is 2.28. The Morgan fingerprint density at radius 2 is 2.00 bits per heavy atom. The zero-order valence-corrected chi connectivity index (χ0v) is 19.9. The molecule has 0 aliphatic heterocycles. The number of nitrogens with one attached hydrogen (secondary N) is 1. The molecule has 0 saturated heterocycles. The van der Waals surface area contributed by atoms with Crippen LogP contribution in [-0.2, 0) is 28.9 Å². The Labute approximate surface area is 203 Å². The molecule has 1 amide bonds. The molecule has 3 heterocycles. The highest BCUT2D eigenvalue weighted by Crippen LogP contribution is 2.39. The second kappa shape index (κ2) is 9.18. The number of esters is 1. The summed E-state index contributed by atoms with van der Waals surface area (Å²) in [4.78, 5) is 31.0. The maximum Gasteiger partial charge on any atom is 0.341 e. The van der Waals surface area contributed by atoms with Crippen molar-refractivity contribution in [2.24, 2.45) is 0 Å². The van der Waals surface area contributed by atoms with Crippen molar-refractivity contribution in [3.63, 3.8) is 0 Å². The van der Waals surface area contributed by atoms with Gasteiger partial charge in [0.2, 0.25) is 5.91 Å². The molecule has 0 spiro atoms. The number of ether oxygens (including phenoxy) is 1. The number of nitrogens with zero attached hydrogens (tertiary/aromatic N) is 3. The number of methoxy groups -OCH3 is 1. The van der Waals surface area contributed by atoms with Gasteiger partial charge in [0.15, 0.2) is 5.65 Å². The van der Waals surface area contributed by atoms with Crippen molar-refractivity contribution < 1.29 is 23.1 Å². The van der Waals surface area contributed by atoms with E-state index in [1.807, 2.05) is 6.07 Å². The predicted molar refractivity (Wildman–Crippen MR) is 129 cm³/mol. The number of hydrogen-bond donors (Lipinski definition) is 1. The Bertz CT molecular complexity index is 1450. The van der Waals surface area contributed by atoms with Crippen molar-refractivity contribution in [3.05, 3.63) is 63.7 Å². The maximum absolute atomic E-state index is 14.0. The number of benzene rings is 1. The number of anilines is 1. The van der Waals surface area contributed by atoms with Gasteiger partial charge in [-0.3, -0.25) is 4.79 Å². The lowest BCUT2D eigenvalue weighted by Gasteiger charge is -2.10. The van der Waals surface area contributed by atoms with E-state index in [9.17, 15) is 18.4 Å². The number of carbonyl (C=O) groups excluding carboxylic acids is 2. The summed E-state index contributed by atoms with van der Waals surface area (Å²) < 4.78 is 34.2. The molecule has 5 rings (SSSR count). The van der Waals surface area contributed by atoms with Crippen LogP contribution in [0.2, 0.25) is 0 Å². The first kappa shape index (κ1) is 23.1. The zero-order valence-electron chi connectivity index (χ0n) is 19.1. The van der Waals surface area contributed by atoms with Gasteiger partial charge in [-0.05, 0) is 37.8 Å². The maximum atomic E-state index is 14.0. The molecular weight excluding hydrogens is 474 g/mol. The van der Waals surface area contributed by atoms with Gasteiger partial charge in [0.25, 0.3) is 6.43 Å². The largest absolute Gasteiger partial charge is 0.465 e. The molecule has 1 aliphatic rings. The smallest absolute Gasteiger partial charge is 0.341 e. The van der Waals surface area contributed by atoms with Crippen LogP contribution in [0.4, 0.5) is 13.8 Å². The topological polar surface area (TPSA) is 86.1 Å². The molecule has 1 N–H and O–H groups in total. The normalized spacial score (nSPS) is 12.8. The molecule has 0 atom stereocenters. The third-order valence-corrected chi connectivity index (χ3v) is 7.28. The van der Waals surface area contributed by atoms with Crippen molar-refractivity contribution in [1.82, 2.24) is 14.8 Å². The lowest BCUT2D eigenvalue weighted by Crippen LogP contribution is -2.21. The molecule has 0 bridgehead atoms. The Morgan fingerprint density at radius 1 is 1.23 bits per heavy atom. The van der Waals surface area contributed by atoms with E-state index in [4.69, 9.17) is 4.74 Å². The number of aromatic nitrogens is 3. The van der Waals surface area contributed by atoms with E-state index in [0.717, 1.165) is 29.7 Å².